The summed E-state index contributed by atoms with van der Waals surface area (Å²) in [6, 6.07) is 6.79. The molecule has 1 aromatic rings. The molecule has 0 radical (unpaired) electrons. The van der Waals surface area contributed by atoms with Gasteiger partial charge in [0.05, 0.1) is 0 Å². The Labute approximate surface area is 111 Å². The molecule has 3 amide bonds. The summed E-state index contributed by atoms with van der Waals surface area (Å²) in [5.41, 5.74) is 1.31. The summed E-state index contributed by atoms with van der Waals surface area (Å²) in [6.45, 7) is 3.14. The van der Waals surface area contributed by atoms with E-state index in [-0.39, 0.29) is 24.1 Å². The Morgan fingerprint density at radius 1 is 0.895 bits per heavy atom. The Morgan fingerprint density at radius 3 is 1.89 bits per heavy atom. The quantitative estimate of drug-likeness (QED) is 0.743. The van der Waals surface area contributed by atoms with Crippen LogP contribution in [0.5, 0.6) is 0 Å². The molecule has 19 heavy (non-hydrogen) atoms. The monoisotopic (exact) mass is 263 g/mol. The number of benzene rings is 1. The van der Waals surface area contributed by atoms with E-state index in [1.165, 1.54) is 13.8 Å². The highest BCUT2D eigenvalue weighted by Crippen LogP contribution is 2.13. The normalized spacial score (nSPS) is 9.58. The fraction of sp³-hybridized carbons (Fsp3) is 0.308. The van der Waals surface area contributed by atoms with Gasteiger partial charge in [0.25, 0.3) is 0 Å². The molecule has 0 saturated carbocycles. The van der Waals surface area contributed by atoms with Crippen LogP contribution in [0.15, 0.2) is 24.3 Å². The maximum absolute atomic E-state index is 11.5. The van der Waals surface area contributed by atoms with Crippen molar-refractivity contribution in [1.29, 1.82) is 0 Å². The van der Waals surface area contributed by atoms with E-state index in [4.69, 9.17) is 0 Å². The van der Waals surface area contributed by atoms with Crippen molar-refractivity contribution in [2.24, 2.45) is 0 Å². The average Bonchev–Trinajstić information content (AvgIpc) is 2.30. The van der Waals surface area contributed by atoms with Crippen LogP contribution in [0.25, 0.3) is 0 Å². The van der Waals surface area contributed by atoms with Crippen molar-refractivity contribution in [3.8, 4) is 0 Å². The van der Waals surface area contributed by atoms with Crippen molar-refractivity contribution >= 4 is 29.1 Å². The lowest BCUT2D eigenvalue weighted by molar-refractivity contribution is -0.119. The van der Waals surface area contributed by atoms with E-state index in [1.807, 2.05) is 0 Å². The summed E-state index contributed by atoms with van der Waals surface area (Å²) in [5, 5.41) is 7.87. The highest BCUT2D eigenvalue weighted by molar-refractivity contribution is 5.92. The van der Waals surface area contributed by atoms with E-state index in [1.54, 1.807) is 24.3 Å². The number of carbonyl (C=O) groups excluding carboxylic acids is 3. The van der Waals surface area contributed by atoms with Gasteiger partial charge in [0.15, 0.2) is 0 Å². The largest absolute Gasteiger partial charge is 0.356 e. The number of hydrogen-bond acceptors (Lipinski definition) is 3. The highest BCUT2D eigenvalue weighted by atomic mass is 16.2. The number of amides is 3. The number of anilines is 2. The molecule has 0 saturated heterocycles. The molecule has 0 bridgehead atoms. The molecule has 0 spiro atoms. The van der Waals surface area contributed by atoms with Gasteiger partial charge in [-0.1, -0.05) is 0 Å². The molecule has 6 nitrogen and oxygen atoms in total. The molecule has 102 valence electrons. The molecular weight excluding hydrogens is 246 g/mol. The van der Waals surface area contributed by atoms with Gasteiger partial charge in [-0.25, -0.2) is 0 Å². The van der Waals surface area contributed by atoms with Crippen LogP contribution >= 0.6 is 0 Å². The fourth-order valence-corrected chi connectivity index (χ4v) is 1.42. The van der Waals surface area contributed by atoms with Gasteiger partial charge in [-0.2, -0.15) is 0 Å². The summed E-state index contributed by atoms with van der Waals surface area (Å²) in [6.07, 6.45) is 0.215. The molecule has 3 N–H and O–H groups in total. The Kier molecular flexibility index (Phi) is 5.53. The maximum Gasteiger partial charge on any atom is 0.226 e. The van der Waals surface area contributed by atoms with Crippen molar-refractivity contribution < 1.29 is 14.4 Å². The van der Waals surface area contributed by atoms with Crippen LogP contribution in [0, 0.1) is 0 Å². The number of hydrogen-bond donors (Lipinski definition) is 3. The molecule has 0 aliphatic carbocycles. The summed E-state index contributed by atoms with van der Waals surface area (Å²) in [4.78, 5) is 33.0. The zero-order valence-corrected chi connectivity index (χ0v) is 10.9. The minimum absolute atomic E-state index is 0.146. The molecule has 6 heteroatoms. The highest BCUT2D eigenvalue weighted by Gasteiger charge is 2.03. The van der Waals surface area contributed by atoms with Gasteiger partial charge < -0.3 is 16.0 Å². The van der Waals surface area contributed by atoms with Gasteiger partial charge in [0, 0.05) is 38.2 Å². The van der Waals surface area contributed by atoms with Crippen molar-refractivity contribution in [1.82, 2.24) is 5.32 Å². The van der Waals surface area contributed by atoms with Crippen LogP contribution in [-0.2, 0) is 14.4 Å². The molecule has 0 unspecified atom stereocenters. The van der Waals surface area contributed by atoms with E-state index in [9.17, 15) is 14.4 Å². The van der Waals surface area contributed by atoms with Gasteiger partial charge in [-0.15, -0.1) is 0 Å². The van der Waals surface area contributed by atoms with Crippen molar-refractivity contribution in [2.45, 2.75) is 20.3 Å². The Hall–Kier alpha value is -2.37. The van der Waals surface area contributed by atoms with Crippen molar-refractivity contribution in [3.63, 3.8) is 0 Å². The van der Waals surface area contributed by atoms with Gasteiger partial charge in [0.2, 0.25) is 17.7 Å². The van der Waals surface area contributed by atoms with Crippen molar-refractivity contribution in [3.05, 3.63) is 24.3 Å². The van der Waals surface area contributed by atoms with Crippen LogP contribution in [0.1, 0.15) is 20.3 Å². The lowest BCUT2D eigenvalue weighted by atomic mass is 10.2. The minimum Gasteiger partial charge on any atom is -0.356 e. The predicted octanol–water partition coefficient (Wildman–Crippen LogP) is 1.11. The average molecular weight is 263 g/mol. The SMILES string of the molecule is CC(=O)NCCC(=O)Nc1ccc(NC(C)=O)cc1. The number of rotatable bonds is 5. The first-order valence-electron chi connectivity index (χ1n) is 5.89. The van der Waals surface area contributed by atoms with E-state index >= 15 is 0 Å². The van der Waals surface area contributed by atoms with Crippen LogP contribution < -0.4 is 16.0 Å². The second kappa shape index (κ2) is 7.15. The van der Waals surface area contributed by atoms with Crippen LogP contribution in [0.2, 0.25) is 0 Å². The zero-order chi connectivity index (χ0) is 14.3. The Balaban J connectivity index is 2.42. The Morgan fingerprint density at radius 2 is 1.42 bits per heavy atom. The molecule has 0 heterocycles. The van der Waals surface area contributed by atoms with Gasteiger partial charge in [-0.05, 0) is 24.3 Å². The second-order valence-corrected chi connectivity index (χ2v) is 4.04. The minimum atomic E-state index is -0.180. The van der Waals surface area contributed by atoms with E-state index in [0.29, 0.717) is 17.9 Å². The van der Waals surface area contributed by atoms with Gasteiger partial charge >= 0.3 is 0 Å². The summed E-state index contributed by atoms with van der Waals surface area (Å²) < 4.78 is 0. The molecule has 1 aromatic carbocycles. The topological polar surface area (TPSA) is 87.3 Å². The standard InChI is InChI=1S/C13H17N3O3/c1-9(17)14-8-7-13(19)16-12-5-3-11(4-6-12)15-10(2)18/h3-6H,7-8H2,1-2H3,(H,14,17)(H,15,18)(H,16,19). The second-order valence-electron chi connectivity index (χ2n) is 4.04. The molecule has 0 aromatic heterocycles. The summed E-state index contributed by atoms with van der Waals surface area (Å²) in [5.74, 6) is -0.486. The summed E-state index contributed by atoms with van der Waals surface area (Å²) in [7, 11) is 0. The third-order valence-corrected chi connectivity index (χ3v) is 2.22. The first-order valence-corrected chi connectivity index (χ1v) is 5.89. The van der Waals surface area contributed by atoms with E-state index in [0.717, 1.165) is 0 Å². The predicted molar refractivity (Wildman–Crippen MR) is 72.7 cm³/mol. The first-order chi connectivity index (χ1) is 8.97. The molecule has 1 rings (SSSR count). The third kappa shape index (κ3) is 6.21. The molecule has 0 aliphatic rings. The Bertz CT molecular complexity index is 469. The number of carbonyl (C=O) groups is 3. The van der Waals surface area contributed by atoms with Crippen molar-refractivity contribution in [2.75, 3.05) is 17.2 Å². The molecule has 0 fully saturated rings. The van der Waals surface area contributed by atoms with Crippen LogP contribution in [0.3, 0.4) is 0 Å². The smallest absolute Gasteiger partial charge is 0.226 e. The lowest BCUT2D eigenvalue weighted by Crippen LogP contribution is -2.25. The van der Waals surface area contributed by atoms with Crippen LogP contribution in [0.4, 0.5) is 11.4 Å². The van der Waals surface area contributed by atoms with E-state index < -0.39 is 0 Å². The number of nitrogens with one attached hydrogen (secondary N) is 3. The van der Waals surface area contributed by atoms with Gasteiger partial charge in [-0.3, -0.25) is 14.4 Å². The maximum atomic E-state index is 11.5. The first kappa shape index (κ1) is 14.7. The van der Waals surface area contributed by atoms with E-state index in [2.05, 4.69) is 16.0 Å². The molecule has 0 atom stereocenters. The third-order valence-electron chi connectivity index (χ3n) is 2.22. The zero-order valence-electron chi connectivity index (χ0n) is 10.9. The molecule has 0 aliphatic heterocycles. The summed E-state index contributed by atoms with van der Waals surface area (Å²) >= 11 is 0. The van der Waals surface area contributed by atoms with Crippen LogP contribution in [-0.4, -0.2) is 24.3 Å². The van der Waals surface area contributed by atoms with Gasteiger partial charge in [0.1, 0.15) is 0 Å². The fourth-order valence-electron chi connectivity index (χ4n) is 1.42. The lowest BCUT2D eigenvalue weighted by Gasteiger charge is -2.07. The molecular formula is C13H17N3O3.